The molecule has 1 aromatic carbocycles. The summed E-state index contributed by atoms with van der Waals surface area (Å²) in [5.74, 6) is 0. The van der Waals surface area contributed by atoms with E-state index in [0.29, 0.717) is 0 Å². The Kier molecular flexibility index (Phi) is 7.88. The SMILES string of the molecule is OP(O)O.[Zn][CH2]c1ccccc1. The molecule has 0 saturated carbocycles. The summed E-state index contributed by atoms with van der Waals surface area (Å²) in [4.78, 5) is 21.7. The molecule has 12 heavy (non-hydrogen) atoms. The zero-order valence-electron chi connectivity index (χ0n) is 6.59. The van der Waals surface area contributed by atoms with E-state index >= 15 is 0 Å². The number of benzene rings is 1. The van der Waals surface area contributed by atoms with Crippen LogP contribution in [-0.2, 0) is 23.3 Å². The molecule has 1 rings (SSSR count). The standard InChI is InChI=1S/C7H7.H3O3P.Zn/c1-7-5-3-2-4-6-7;1-4(2)3;/h2-6H,1H2;1-3H;. The second kappa shape index (κ2) is 7.78. The molecule has 1 aromatic rings. The zero-order chi connectivity index (χ0) is 9.40. The van der Waals surface area contributed by atoms with Gasteiger partial charge in [0.2, 0.25) is 0 Å². The van der Waals surface area contributed by atoms with E-state index in [0.717, 1.165) is 0 Å². The third kappa shape index (κ3) is 8.25. The average Bonchev–Trinajstić information content (AvgIpc) is 2.05. The van der Waals surface area contributed by atoms with E-state index in [-0.39, 0.29) is 0 Å². The number of hydrogen-bond acceptors (Lipinski definition) is 3. The van der Waals surface area contributed by atoms with E-state index < -0.39 is 8.60 Å². The van der Waals surface area contributed by atoms with Crippen LogP contribution in [0.4, 0.5) is 0 Å². The molecule has 0 fully saturated rings. The van der Waals surface area contributed by atoms with Crippen LogP contribution in [0.5, 0.6) is 0 Å². The maximum absolute atomic E-state index is 7.23. The van der Waals surface area contributed by atoms with Crippen LogP contribution in [-0.4, -0.2) is 14.7 Å². The van der Waals surface area contributed by atoms with Gasteiger partial charge in [-0.1, -0.05) is 0 Å². The van der Waals surface area contributed by atoms with Crippen molar-refractivity contribution in [2.24, 2.45) is 0 Å². The summed E-state index contributed by atoms with van der Waals surface area (Å²) in [6.45, 7) is 0. The summed E-state index contributed by atoms with van der Waals surface area (Å²) >= 11 is 1.37. The van der Waals surface area contributed by atoms with Crippen molar-refractivity contribution < 1.29 is 33.0 Å². The van der Waals surface area contributed by atoms with Gasteiger partial charge in [-0.05, 0) is 0 Å². The Morgan fingerprint density at radius 2 is 1.50 bits per heavy atom. The molecule has 0 aliphatic carbocycles. The molecule has 63 valence electrons. The van der Waals surface area contributed by atoms with Crippen LogP contribution in [0.1, 0.15) is 5.56 Å². The fourth-order valence-corrected chi connectivity index (χ4v) is 1.34. The van der Waals surface area contributed by atoms with Crippen LogP contribution in [0, 0.1) is 0 Å². The quantitative estimate of drug-likeness (QED) is 0.504. The van der Waals surface area contributed by atoms with Gasteiger partial charge < -0.3 is 14.7 Å². The summed E-state index contributed by atoms with van der Waals surface area (Å²) in [7, 11) is -2.62. The van der Waals surface area contributed by atoms with Crippen LogP contribution < -0.4 is 0 Å². The van der Waals surface area contributed by atoms with E-state index in [4.69, 9.17) is 14.7 Å². The minimum atomic E-state index is -2.62. The van der Waals surface area contributed by atoms with E-state index in [2.05, 4.69) is 30.3 Å². The van der Waals surface area contributed by atoms with E-state index in [1.165, 1.54) is 28.9 Å². The van der Waals surface area contributed by atoms with Crippen LogP contribution in [0.25, 0.3) is 0 Å². The Hall–Kier alpha value is 0.153. The molecule has 0 heterocycles. The molecule has 5 heteroatoms. The van der Waals surface area contributed by atoms with Gasteiger partial charge in [0.1, 0.15) is 0 Å². The summed E-state index contributed by atoms with van der Waals surface area (Å²) in [6, 6.07) is 10.6. The molecule has 0 unspecified atom stereocenters. The summed E-state index contributed by atoms with van der Waals surface area (Å²) in [5, 5.41) is 1.26. The van der Waals surface area contributed by atoms with Gasteiger partial charge in [-0.15, -0.1) is 0 Å². The summed E-state index contributed by atoms with van der Waals surface area (Å²) in [5.41, 5.74) is 1.47. The van der Waals surface area contributed by atoms with E-state index in [9.17, 15) is 0 Å². The van der Waals surface area contributed by atoms with Crippen molar-refractivity contribution in [3.05, 3.63) is 35.9 Å². The summed E-state index contributed by atoms with van der Waals surface area (Å²) in [6.07, 6.45) is 0. The van der Waals surface area contributed by atoms with Crippen molar-refractivity contribution in [3.63, 3.8) is 0 Å². The van der Waals surface area contributed by atoms with Crippen molar-refractivity contribution in [2.75, 3.05) is 0 Å². The molecule has 3 nitrogen and oxygen atoms in total. The Morgan fingerprint density at radius 3 is 1.75 bits per heavy atom. The first-order valence-corrected chi connectivity index (χ1v) is 6.66. The van der Waals surface area contributed by atoms with Gasteiger partial charge in [0.05, 0.1) is 0 Å². The number of rotatable bonds is 1. The van der Waals surface area contributed by atoms with Gasteiger partial charge in [0.15, 0.2) is 0 Å². The maximum atomic E-state index is 7.23. The van der Waals surface area contributed by atoms with Gasteiger partial charge in [0, 0.05) is 0 Å². The molecule has 0 radical (unpaired) electrons. The van der Waals surface area contributed by atoms with Gasteiger partial charge >= 0.3 is 67.8 Å². The molecular weight excluding hydrogens is 228 g/mol. The Labute approximate surface area is 82.7 Å². The zero-order valence-corrected chi connectivity index (χ0v) is 10.5. The van der Waals surface area contributed by atoms with Crippen LogP contribution >= 0.6 is 8.60 Å². The minimum absolute atomic E-state index is 1.26. The third-order valence-corrected chi connectivity index (χ3v) is 2.34. The molecule has 0 spiro atoms. The van der Waals surface area contributed by atoms with Crippen molar-refractivity contribution in [3.8, 4) is 0 Å². The van der Waals surface area contributed by atoms with Gasteiger partial charge in [-0.2, -0.15) is 0 Å². The second-order valence-corrected chi connectivity index (χ2v) is 3.59. The van der Waals surface area contributed by atoms with Gasteiger partial charge in [0.25, 0.3) is 0 Å². The topological polar surface area (TPSA) is 60.7 Å². The first-order valence-electron chi connectivity index (χ1n) is 3.36. The van der Waals surface area contributed by atoms with Crippen molar-refractivity contribution >= 4 is 8.60 Å². The number of hydrogen-bond donors (Lipinski definition) is 3. The molecule has 0 aliphatic heterocycles. The molecule has 0 aliphatic rings. The van der Waals surface area contributed by atoms with Crippen molar-refractivity contribution in [1.29, 1.82) is 0 Å². The van der Waals surface area contributed by atoms with Crippen LogP contribution in [0.15, 0.2) is 30.3 Å². The van der Waals surface area contributed by atoms with Crippen LogP contribution in [0.3, 0.4) is 0 Å². The van der Waals surface area contributed by atoms with E-state index in [1.54, 1.807) is 0 Å². The predicted octanol–water partition coefficient (Wildman–Crippen LogP) is 0.924. The normalized spacial score (nSPS) is 9.17. The fraction of sp³-hybridized carbons (Fsp3) is 0.143. The predicted molar refractivity (Wildman–Crippen MR) is 43.7 cm³/mol. The first kappa shape index (κ1) is 12.2. The Morgan fingerprint density at radius 1 is 1.08 bits per heavy atom. The van der Waals surface area contributed by atoms with Crippen molar-refractivity contribution in [2.45, 2.75) is 5.02 Å². The molecule has 0 bridgehead atoms. The van der Waals surface area contributed by atoms with Gasteiger partial charge in [-0.25, -0.2) is 0 Å². The van der Waals surface area contributed by atoms with Crippen molar-refractivity contribution in [1.82, 2.24) is 0 Å². The molecule has 0 saturated heterocycles. The molecule has 0 atom stereocenters. The monoisotopic (exact) mass is 237 g/mol. The third-order valence-electron chi connectivity index (χ3n) is 1.13. The Bertz CT molecular complexity index is 190. The Balaban J connectivity index is 0.000000261. The fourth-order valence-electron chi connectivity index (χ4n) is 0.645. The molecule has 0 amide bonds. The molecule has 0 aromatic heterocycles. The van der Waals surface area contributed by atoms with Crippen LogP contribution in [0.2, 0.25) is 0 Å². The first-order chi connectivity index (χ1) is 5.66. The average molecular weight is 239 g/mol. The second-order valence-electron chi connectivity index (χ2n) is 2.00. The molecule has 3 N–H and O–H groups in total. The van der Waals surface area contributed by atoms with E-state index in [1.807, 2.05) is 0 Å². The summed E-state index contributed by atoms with van der Waals surface area (Å²) < 4.78 is 0. The van der Waals surface area contributed by atoms with Gasteiger partial charge in [-0.3, -0.25) is 0 Å². The molecular formula is C7H10O3PZn.